The van der Waals surface area contributed by atoms with Crippen molar-refractivity contribution in [2.24, 2.45) is 0 Å². The highest BCUT2D eigenvalue weighted by Crippen LogP contribution is 2.36. The SMILES string of the molecule is CC1CCCc2c1[nH]c1ccc(C(=O)Nc3cccc(N)c3)cc21. The first-order chi connectivity index (χ1) is 11.6. The van der Waals surface area contributed by atoms with Gasteiger partial charge in [-0.3, -0.25) is 4.79 Å². The van der Waals surface area contributed by atoms with E-state index in [4.69, 9.17) is 5.73 Å². The van der Waals surface area contributed by atoms with Gasteiger partial charge in [0.1, 0.15) is 0 Å². The molecule has 1 amide bonds. The molecule has 4 rings (SSSR count). The molecule has 3 aromatic rings. The van der Waals surface area contributed by atoms with Crippen LogP contribution in [0.5, 0.6) is 0 Å². The minimum absolute atomic E-state index is 0.110. The molecule has 0 bridgehead atoms. The van der Waals surface area contributed by atoms with E-state index in [1.165, 1.54) is 29.5 Å². The van der Waals surface area contributed by atoms with Crippen molar-refractivity contribution in [1.82, 2.24) is 4.98 Å². The van der Waals surface area contributed by atoms with Gasteiger partial charge in [-0.05, 0) is 67.1 Å². The summed E-state index contributed by atoms with van der Waals surface area (Å²) in [5, 5.41) is 4.09. The van der Waals surface area contributed by atoms with Gasteiger partial charge in [0, 0.05) is 33.5 Å². The average Bonchev–Trinajstić information content (AvgIpc) is 2.94. The summed E-state index contributed by atoms with van der Waals surface area (Å²) in [6.07, 6.45) is 3.52. The summed E-state index contributed by atoms with van der Waals surface area (Å²) >= 11 is 0. The lowest BCUT2D eigenvalue weighted by Gasteiger charge is -2.18. The van der Waals surface area contributed by atoms with E-state index in [0.717, 1.165) is 11.9 Å². The monoisotopic (exact) mass is 319 g/mol. The van der Waals surface area contributed by atoms with Gasteiger partial charge in [0.2, 0.25) is 0 Å². The van der Waals surface area contributed by atoms with Gasteiger partial charge in [-0.2, -0.15) is 0 Å². The number of hydrogen-bond acceptors (Lipinski definition) is 2. The number of rotatable bonds is 2. The normalized spacial score (nSPS) is 16.8. The van der Waals surface area contributed by atoms with Crippen molar-refractivity contribution in [2.75, 3.05) is 11.1 Å². The second kappa shape index (κ2) is 5.71. The van der Waals surface area contributed by atoms with Gasteiger partial charge < -0.3 is 16.0 Å². The Bertz CT molecular complexity index is 926. The molecule has 2 aromatic carbocycles. The second-order valence-electron chi connectivity index (χ2n) is 6.65. The van der Waals surface area contributed by atoms with Gasteiger partial charge in [-0.25, -0.2) is 0 Å². The van der Waals surface area contributed by atoms with Crippen molar-refractivity contribution in [2.45, 2.75) is 32.1 Å². The first kappa shape index (κ1) is 14.8. The molecule has 24 heavy (non-hydrogen) atoms. The van der Waals surface area contributed by atoms with Gasteiger partial charge >= 0.3 is 0 Å². The minimum Gasteiger partial charge on any atom is -0.399 e. The van der Waals surface area contributed by atoms with E-state index in [1.807, 2.05) is 30.3 Å². The fraction of sp³-hybridized carbons (Fsp3) is 0.250. The van der Waals surface area contributed by atoms with Crippen LogP contribution in [0.4, 0.5) is 11.4 Å². The molecule has 4 N–H and O–H groups in total. The number of hydrogen-bond donors (Lipinski definition) is 3. The number of nitrogens with two attached hydrogens (primary N) is 1. The summed E-state index contributed by atoms with van der Waals surface area (Å²) in [5.74, 6) is 0.451. The molecule has 4 heteroatoms. The topological polar surface area (TPSA) is 70.9 Å². The van der Waals surface area contributed by atoms with Crippen LogP contribution >= 0.6 is 0 Å². The third-order valence-corrected chi connectivity index (χ3v) is 4.90. The van der Waals surface area contributed by atoms with E-state index in [-0.39, 0.29) is 5.91 Å². The van der Waals surface area contributed by atoms with Crippen LogP contribution in [-0.4, -0.2) is 10.9 Å². The lowest BCUT2D eigenvalue weighted by molar-refractivity contribution is 0.102. The number of aromatic amines is 1. The third kappa shape index (κ3) is 2.54. The predicted molar refractivity (Wildman–Crippen MR) is 98.5 cm³/mol. The molecule has 1 aliphatic carbocycles. The standard InChI is InChI=1S/C20H21N3O/c1-12-4-2-7-16-17-10-13(8-9-18(17)23-19(12)16)20(24)22-15-6-3-5-14(21)11-15/h3,5-6,8-12,23H,2,4,7,21H2,1H3,(H,22,24). The number of nitrogens with one attached hydrogen (secondary N) is 2. The summed E-state index contributed by atoms with van der Waals surface area (Å²) in [4.78, 5) is 16.1. The summed E-state index contributed by atoms with van der Waals surface area (Å²) < 4.78 is 0. The molecule has 0 saturated carbocycles. The van der Waals surface area contributed by atoms with Gasteiger partial charge in [-0.1, -0.05) is 13.0 Å². The third-order valence-electron chi connectivity index (χ3n) is 4.90. The number of H-pyrrole nitrogens is 1. The minimum atomic E-state index is -0.110. The molecule has 1 aliphatic rings. The molecule has 4 nitrogen and oxygen atoms in total. The summed E-state index contributed by atoms with van der Waals surface area (Å²) in [6.45, 7) is 2.26. The number of carbonyl (C=O) groups excluding carboxylic acids is 1. The van der Waals surface area contributed by atoms with Crippen LogP contribution in [0.15, 0.2) is 42.5 Å². The number of nitrogen functional groups attached to an aromatic ring is 1. The van der Waals surface area contributed by atoms with E-state index < -0.39 is 0 Å². The molecule has 122 valence electrons. The fourth-order valence-corrected chi connectivity index (χ4v) is 3.65. The molecule has 0 radical (unpaired) electrons. The Morgan fingerprint density at radius 3 is 2.96 bits per heavy atom. The van der Waals surface area contributed by atoms with Crippen LogP contribution < -0.4 is 11.1 Å². The molecule has 1 heterocycles. The van der Waals surface area contributed by atoms with E-state index in [9.17, 15) is 4.79 Å². The number of anilines is 2. The van der Waals surface area contributed by atoms with Crippen LogP contribution in [0.25, 0.3) is 10.9 Å². The summed E-state index contributed by atoms with van der Waals surface area (Å²) in [6, 6.07) is 13.1. The highest BCUT2D eigenvalue weighted by atomic mass is 16.1. The zero-order chi connectivity index (χ0) is 16.7. The average molecular weight is 319 g/mol. The molecule has 0 spiro atoms. The predicted octanol–water partition coefficient (Wildman–Crippen LogP) is 4.44. The van der Waals surface area contributed by atoms with Crippen molar-refractivity contribution in [1.29, 1.82) is 0 Å². The van der Waals surface area contributed by atoms with Crippen molar-refractivity contribution < 1.29 is 4.79 Å². The molecule has 0 aliphatic heterocycles. The largest absolute Gasteiger partial charge is 0.399 e. The highest BCUT2D eigenvalue weighted by Gasteiger charge is 2.21. The smallest absolute Gasteiger partial charge is 0.255 e. The van der Waals surface area contributed by atoms with Gasteiger partial charge in [0.25, 0.3) is 5.91 Å². The Morgan fingerprint density at radius 2 is 2.12 bits per heavy atom. The van der Waals surface area contributed by atoms with E-state index in [0.29, 0.717) is 22.9 Å². The van der Waals surface area contributed by atoms with Crippen LogP contribution in [0.2, 0.25) is 0 Å². The van der Waals surface area contributed by atoms with Gasteiger partial charge in [0.15, 0.2) is 0 Å². The number of benzene rings is 2. The molecule has 1 unspecified atom stereocenters. The summed E-state index contributed by atoms with van der Waals surface area (Å²) in [5.41, 5.74) is 11.6. The lowest BCUT2D eigenvalue weighted by Crippen LogP contribution is -2.12. The second-order valence-corrected chi connectivity index (χ2v) is 6.65. The van der Waals surface area contributed by atoms with Crippen molar-refractivity contribution in [3.8, 4) is 0 Å². The van der Waals surface area contributed by atoms with Crippen molar-refractivity contribution in [3.05, 3.63) is 59.3 Å². The number of aryl methyl sites for hydroxylation is 1. The number of aromatic nitrogens is 1. The highest BCUT2D eigenvalue weighted by molar-refractivity contribution is 6.06. The molecule has 0 fully saturated rings. The first-order valence-electron chi connectivity index (χ1n) is 8.43. The Labute approximate surface area is 141 Å². The molecular weight excluding hydrogens is 298 g/mol. The van der Waals surface area contributed by atoms with E-state index in [2.05, 4.69) is 17.2 Å². The number of carbonyl (C=O) groups is 1. The van der Waals surface area contributed by atoms with Crippen molar-refractivity contribution in [3.63, 3.8) is 0 Å². The lowest BCUT2D eigenvalue weighted by atomic mass is 9.88. The fourth-order valence-electron chi connectivity index (χ4n) is 3.65. The van der Waals surface area contributed by atoms with Crippen LogP contribution in [0, 0.1) is 0 Å². The zero-order valence-corrected chi connectivity index (χ0v) is 13.7. The molecular formula is C20H21N3O. The van der Waals surface area contributed by atoms with Crippen LogP contribution in [0.3, 0.4) is 0 Å². The zero-order valence-electron chi connectivity index (χ0n) is 13.7. The Balaban J connectivity index is 1.68. The Morgan fingerprint density at radius 1 is 1.25 bits per heavy atom. The molecule has 0 saturated heterocycles. The maximum absolute atomic E-state index is 12.6. The summed E-state index contributed by atoms with van der Waals surface area (Å²) in [7, 11) is 0. The molecule has 1 atom stereocenters. The Kier molecular flexibility index (Phi) is 3.53. The van der Waals surface area contributed by atoms with E-state index >= 15 is 0 Å². The first-order valence-corrected chi connectivity index (χ1v) is 8.43. The molecule has 1 aromatic heterocycles. The van der Waals surface area contributed by atoms with Crippen LogP contribution in [0.1, 0.15) is 47.3 Å². The quantitative estimate of drug-likeness (QED) is 0.611. The maximum atomic E-state index is 12.6. The van der Waals surface area contributed by atoms with Crippen molar-refractivity contribution >= 4 is 28.2 Å². The maximum Gasteiger partial charge on any atom is 0.255 e. The van der Waals surface area contributed by atoms with E-state index in [1.54, 1.807) is 12.1 Å². The Hall–Kier alpha value is -2.75. The van der Waals surface area contributed by atoms with Gasteiger partial charge in [-0.15, -0.1) is 0 Å². The van der Waals surface area contributed by atoms with Gasteiger partial charge in [0.05, 0.1) is 0 Å². The number of fused-ring (bicyclic) bond motifs is 3. The number of amides is 1. The van der Waals surface area contributed by atoms with Crippen LogP contribution in [-0.2, 0) is 6.42 Å².